The van der Waals surface area contributed by atoms with E-state index in [2.05, 4.69) is 15.1 Å². The molecule has 1 unspecified atom stereocenters. The topological polar surface area (TPSA) is 106 Å². The van der Waals surface area contributed by atoms with Crippen molar-refractivity contribution in [3.63, 3.8) is 0 Å². The standard InChI is InChI=1S/C19H22N4O4S/c24-18(15-7-3-4-9-20-15)23-11-19(12-23)14(8-10-28(19,25)26)17-21-16(22-27-17)13-5-1-2-6-13/h3-4,7,9,13-14H,1-2,5-6,8,10-12H2. The third-order valence-corrected chi connectivity index (χ3v) is 9.05. The Balaban J connectivity index is 1.39. The molecule has 1 saturated carbocycles. The summed E-state index contributed by atoms with van der Waals surface area (Å²) in [7, 11) is -3.35. The fourth-order valence-electron chi connectivity index (χ4n) is 4.85. The van der Waals surface area contributed by atoms with Gasteiger partial charge >= 0.3 is 0 Å². The van der Waals surface area contributed by atoms with Gasteiger partial charge in [-0.2, -0.15) is 4.98 Å². The highest BCUT2D eigenvalue weighted by Crippen LogP contribution is 2.50. The second-order valence-corrected chi connectivity index (χ2v) is 10.5. The van der Waals surface area contributed by atoms with Crippen molar-refractivity contribution in [2.45, 2.75) is 48.7 Å². The molecule has 4 heterocycles. The lowest BCUT2D eigenvalue weighted by atomic mass is 9.83. The molecular formula is C19H22N4O4S. The largest absolute Gasteiger partial charge is 0.339 e. The average Bonchev–Trinajstić information content (AvgIpc) is 3.38. The number of likely N-dealkylation sites (tertiary alicyclic amines) is 1. The van der Waals surface area contributed by atoms with Gasteiger partial charge in [0.25, 0.3) is 5.91 Å². The summed E-state index contributed by atoms with van der Waals surface area (Å²) in [5.74, 6) is 0.914. The quantitative estimate of drug-likeness (QED) is 0.772. The van der Waals surface area contributed by atoms with E-state index in [-0.39, 0.29) is 30.7 Å². The van der Waals surface area contributed by atoms with Gasteiger partial charge in [0.15, 0.2) is 15.7 Å². The van der Waals surface area contributed by atoms with E-state index in [0.29, 0.717) is 29.7 Å². The van der Waals surface area contributed by atoms with Crippen LogP contribution in [-0.4, -0.2) is 57.9 Å². The predicted octanol–water partition coefficient (Wildman–Crippen LogP) is 1.92. The van der Waals surface area contributed by atoms with Crippen LogP contribution < -0.4 is 0 Å². The van der Waals surface area contributed by atoms with E-state index in [1.807, 2.05) is 0 Å². The highest BCUT2D eigenvalue weighted by Gasteiger charge is 2.64. The lowest BCUT2D eigenvalue weighted by molar-refractivity contribution is 0.0498. The van der Waals surface area contributed by atoms with Gasteiger partial charge in [0, 0.05) is 25.2 Å². The Bertz CT molecular complexity index is 992. The minimum Gasteiger partial charge on any atom is -0.339 e. The SMILES string of the molecule is O=C(c1ccccn1)N1CC2(C1)C(c1nc(C3CCCC3)no1)CCS2(=O)=O. The van der Waals surface area contributed by atoms with E-state index in [1.54, 1.807) is 29.3 Å². The van der Waals surface area contributed by atoms with Crippen LogP contribution in [0.3, 0.4) is 0 Å². The molecule has 8 nitrogen and oxygen atoms in total. The highest BCUT2D eigenvalue weighted by molar-refractivity contribution is 7.93. The molecule has 5 rings (SSSR count). The molecular weight excluding hydrogens is 380 g/mol. The molecule has 2 aromatic rings. The molecule has 1 spiro atoms. The smallest absolute Gasteiger partial charge is 0.272 e. The number of hydrogen-bond acceptors (Lipinski definition) is 7. The molecule has 148 valence electrons. The van der Waals surface area contributed by atoms with E-state index in [1.165, 1.54) is 12.8 Å². The molecule has 2 aromatic heterocycles. The molecule has 0 aromatic carbocycles. The van der Waals surface area contributed by atoms with E-state index in [4.69, 9.17) is 4.52 Å². The van der Waals surface area contributed by atoms with Gasteiger partial charge in [0.2, 0.25) is 5.89 Å². The van der Waals surface area contributed by atoms with Crippen molar-refractivity contribution in [2.24, 2.45) is 0 Å². The fraction of sp³-hybridized carbons (Fsp3) is 0.579. The van der Waals surface area contributed by atoms with Crippen LogP contribution in [0.4, 0.5) is 0 Å². The molecule has 1 amide bonds. The maximum absolute atomic E-state index is 12.9. The summed E-state index contributed by atoms with van der Waals surface area (Å²) in [4.78, 5) is 22.8. The fourth-order valence-corrected chi connectivity index (χ4v) is 7.16. The Kier molecular flexibility index (Phi) is 4.04. The lowest BCUT2D eigenvalue weighted by Crippen LogP contribution is -2.67. The lowest BCUT2D eigenvalue weighted by Gasteiger charge is -2.48. The Hall–Kier alpha value is -2.29. The molecule has 28 heavy (non-hydrogen) atoms. The number of nitrogens with zero attached hydrogens (tertiary/aromatic N) is 4. The average molecular weight is 402 g/mol. The first-order chi connectivity index (χ1) is 13.5. The molecule has 3 fully saturated rings. The van der Waals surface area contributed by atoms with Gasteiger partial charge in [-0.05, 0) is 31.4 Å². The van der Waals surface area contributed by atoms with Crippen LogP contribution in [0.2, 0.25) is 0 Å². The number of aromatic nitrogens is 3. The van der Waals surface area contributed by atoms with Crippen LogP contribution >= 0.6 is 0 Å². The highest BCUT2D eigenvalue weighted by atomic mass is 32.2. The van der Waals surface area contributed by atoms with Crippen LogP contribution in [0.15, 0.2) is 28.9 Å². The third kappa shape index (κ3) is 2.59. The van der Waals surface area contributed by atoms with E-state index >= 15 is 0 Å². The number of sulfone groups is 1. The second-order valence-electron chi connectivity index (χ2n) is 8.07. The summed E-state index contributed by atoms with van der Waals surface area (Å²) in [5, 5.41) is 4.14. The summed E-state index contributed by atoms with van der Waals surface area (Å²) in [6.07, 6.45) is 6.46. The Morgan fingerprint density at radius 2 is 1.96 bits per heavy atom. The molecule has 1 aliphatic carbocycles. The zero-order valence-corrected chi connectivity index (χ0v) is 16.3. The first-order valence-corrected chi connectivity index (χ1v) is 11.4. The van der Waals surface area contributed by atoms with Crippen LogP contribution in [0.1, 0.15) is 66.1 Å². The minimum absolute atomic E-state index is 0.0877. The summed E-state index contributed by atoms with van der Waals surface area (Å²) in [6.45, 7) is 0.299. The second kappa shape index (κ2) is 6.37. The zero-order chi connectivity index (χ0) is 19.4. The van der Waals surface area contributed by atoms with E-state index < -0.39 is 14.6 Å². The summed E-state index contributed by atoms with van der Waals surface area (Å²) in [6, 6.07) is 5.12. The summed E-state index contributed by atoms with van der Waals surface area (Å²) < 4.78 is 30.3. The van der Waals surface area contributed by atoms with Crippen molar-refractivity contribution in [1.29, 1.82) is 0 Å². The van der Waals surface area contributed by atoms with Crippen molar-refractivity contribution in [1.82, 2.24) is 20.0 Å². The summed E-state index contributed by atoms with van der Waals surface area (Å²) >= 11 is 0. The monoisotopic (exact) mass is 402 g/mol. The molecule has 3 aliphatic rings. The van der Waals surface area contributed by atoms with Gasteiger partial charge in [-0.3, -0.25) is 9.78 Å². The van der Waals surface area contributed by atoms with Crippen LogP contribution in [0.5, 0.6) is 0 Å². The maximum Gasteiger partial charge on any atom is 0.272 e. The number of rotatable bonds is 3. The van der Waals surface area contributed by atoms with Gasteiger partial charge in [-0.1, -0.05) is 24.1 Å². The van der Waals surface area contributed by atoms with Gasteiger partial charge in [-0.15, -0.1) is 0 Å². The van der Waals surface area contributed by atoms with Crippen molar-refractivity contribution < 1.29 is 17.7 Å². The maximum atomic E-state index is 12.9. The van der Waals surface area contributed by atoms with Gasteiger partial charge in [-0.25, -0.2) is 8.42 Å². The van der Waals surface area contributed by atoms with Crippen molar-refractivity contribution in [3.05, 3.63) is 41.8 Å². The van der Waals surface area contributed by atoms with E-state index in [0.717, 1.165) is 12.8 Å². The van der Waals surface area contributed by atoms with Crippen molar-refractivity contribution >= 4 is 15.7 Å². The molecule has 1 atom stereocenters. The van der Waals surface area contributed by atoms with Crippen LogP contribution in [-0.2, 0) is 9.84 Å². The third-order valence-electron chi connectivity index (χ3n) is 6.49. The molecule has 2 saturated heterocycles. The first-order valence-electron chi connectivity index (χ1n) is 9.76. The Morgan fingerprint density at radius 1 is 1.18 bits per heavy atom. The van der Waals surface area contributed by atoms with Gasteiger partial charge in [0.05, 0.1) is 11.7 Å². The number of amides is 1. The number of hydrogen-bond donors (Lipinski definition) is 0. The summed E-state index contributed by atoms with van der Waals surface area (Å²) in [5.41, 5.74) is 0.325. The van der Waals surface area contributed by atoms with Crippen molar-refractivity contribution in [2.75, 3.05) is 18.8 Å². The number of pyridine rings is 1. The zero-order valence-electron chi connectivity index (χ0n) is 15.5. The van der Waals surface area contributed by atoms with Crippen LogP contribution in [0, 0.1) is 0 Å². The predicted molar refractivity (Wildman–Crippen MR) is 99.5 cm³/mol. The van der Waals surface area contributed by atoms with Gasteiger partial charge in [0.1, 0.15) is 10.4 Å². The Morgan fingerprint density at radius 3 is 2.68 bits per heavy atom. The molecule has 9 heteroatoms. The molecule has 2 aliphatic heterocycles. The van der Waals surface area contributed by atoms with Crippen molar-refractivity contribution in [3.8, 4) is 0 Å². The van der Waals surface area contributed by atoms with E-state index in [9.17, 15) is 13.2 Å². The first kappa shape index (κ1) is 17.8. The van der Waals surface area contributed by atoms with Gasteiger partial charge < -0.3 is 9.42 Å². The molecule has 0 radical (unpaired) electrons. The number of carbonyl (C=O) groups is 1. The minimum atomic E-state index is -3.35. The normalized spacial score (nSPS) is 25.9. The molecule has 0 bridgehead atoms. The number of carbonyl (C=O) groups excluding carboxylic acids is 1. The Labute approximate surface area is 163 Å². The molecule has 0 N–H and O–H groups in total. The van der Waals surface area contributed by atoms with Crippen LogP contribution in [0.25, 0.3) is 0 Å².